The molecule has 31 heavy (non-hydrogen) atoms. The lowest BCUT2D eigenvalue weighted by molar-refractivity contribution is 0.0913. The molecule has 0 saturated heterocycles. The van der Waals surface area contributed by atoms with Crippen molar-refractivity contribution in [1.29, 1.82) is 0 Å². The maximum Gasteiger partial charge on any atom is 0.272 e. The van der Waals surface area contributed by atoms with Gasteiger partial charge in [0.2, 0.25) is 0 Å². The number of amides is 1. The molecule has 3 N–H and O–H groups in total. The van der Waals surface area contributed by atoms with E-state index in [4.69, 9.17) is 28.9 Å². The number of carbonyl (C=O) groups excluding carboxylic acids is 1. The molecule has 0 saturated carbocycles. The number of rotatable bonds is 3. The van der Waals surface area contributed by atoms with Gasteiger partial charge in [-0.1, -0.05) is 47.2 Å². The Kier molecular flexibility index (Phi) is 6.76. The van der Waals surface area contributed by atoms with Gasteiger partial charge in [-0.2, -0.15) is 5.10 Å². The summed E-state index contributed by atoms with van der Waals surface area (Å²) in [4.78, 5) is 12.9. The topological polar surface area (TPSA) is 72.9 Å². The monoisotopic (exact) mass is 454 g/mol. The zero-order valence-corrected chi connectivity index (χ0v) is 19.4. The predicted molar refractivity (Wildman–Crippen MR) is 127 cm³/mol. The quantitative estimate of drug-likeness (QED) is 0.547. The molecule has 0 fully saturated rings. The molecule has 3 aromatic rings. The fraction of sp³-hybridized carbons (Fsp3) is 0.250. The highest BCUT2D eigenvalue weighted by Gasteiger charge is 2.25. The molecule has 0 radical (unpaired) electrons. The van der Waals surface area contributed by atoms with E-state index in [9.17, 15) is 4.79 Å². The van der Waals surface area contributed by atoms with Gasteiger partial charge in [0.25, 0.3) is 5.91 Å². The molecule has 0 aliphatic rings. The normalized spacial score (nSPS) is 11.1. The van der Waals surface area contributed by atoms with Crippen LogP contribution in [0.1, 0.15) is 42.4 Å². The van der Waals surface area contributed by atoms with Crippen molar-refractivity contribution in [2.75, 3.05) is 6.54 Å². The van der Waals surface area contributed by atoms with E-state index in [1.807, 2.05) is 52.0 Å². The Morgan fingerprint density at radius 2 is 1.84 bits per heavy atom. The van der Waals surface area contributed by atoms with Crippen molar-refractivity contribution in [3.05, 3.63) is 69.3 Å². The molecule has 2 aromatic carbocycles. The number of nitrogens with one attached hydrogen (secondary N) is 1. The molecule has 0 unspecified atom stereocenters. The van der Waals surface area contributed by atoms with E-state index in [1.165, 1.54) is 0 Å². The molecule has 160 valence electrons. The maximum absolute atomic E-state index is 12.9. The van der Waals surface area contributed by atoms with Gasteiger partial charge in [-0.15, -0.1) is 0 Å². The van der Waals surface area contributed by atoms with Crippen molar-refractivity contribution < 1.29 is 4.79 Å². The first-order valence-corrected chi connectivity index (χ1v) is 10.5. The molecular weight excluding hydrogens is 431 g/mol. The second-order valence-electron chi connectivity index (χ2n) is 8.12. The summed E-state index contributed by atoms with van der Waals surface area (Å²) in [5.41, 5.74) is 9.16. The number of nitrogens with two attached hydrogens (primary N) is 1. The molecule has 7 heteroatoms. The fourth-order valence-corrected chi connectivity index (χ4v) is 3.53. The summed E-state index contributed by atoms with van der Waals surface area (Å²) in [7, 11) is 0. The van der Waals surface area contributed by atoms with Gasteiger partial charge in [-0.05, 0) is 58.0 Å². The van der Waals surface area contributed by atoms with Crippen LogP contribution in [0.15, 0.2) is 42.5 Å². The highest BCUT2D eigenvalue weighted by Crippen LogP contribution is 2.32. The summed E-state index contributed by atoms with van der Waals surface area (Å²) >= 11 is 12.7. The first kappa shape index (κ1) is 22.9. The zero-order valence-electron chi connectivity index (χ0n) is 17.9. The molecule has 0 atom stereocenters. The van der Waals surface area contributed by atoms with E-state index in [0.717, 1.165) is 22.4 Å². The average Bonchev–Trinajstić information content (AvgIpc) is 3.03. The minimum Gasteiger partial charge on any atom is -0.346 e. The van der Waals surface area contributed by atoms with Gasteiger partial charge in [0.05, 0.1) is 22.9 Å². The molecule has 0 spiro atoms. The minimum absolute atomic E-state index is 0.250. The molecule has 1 amide bonds. The Bertz CT molecular complexity index is 1180. The average molecular weight is 455 g/mol. The molecule has 1 aromatic heterocycles. The van der Waals surface area contributed by atoms with Crippen LogP contribution in [0.4, 0.5) is 0 Å². The van der Waals surface area contributed by atoms with Crippen LogP contribution in [0.5, 0.6) is 0 Å². The molecule has 0 aliphatic carbocycles. The van der Waals surface area contributed by atoms with Crippen molar-refractivity contribution >= 4 is 29.1 Å². The summed E-state index contributed by atoms with van der Waals surface area (Å²) in [6, 6.07) is 12.8. The molecule has 1 heterocycles. The van der Waals surface area contributed by atoms with Crippen molar-refractivity contribution in [3.63, 3.8) is 0 Å². The third kappa shape index (κ3) is 5.29. The molecule has 5 nitrogen and oxygen atoms in total. The third-order valence-electron chi connectivity index (χ3n) is 4.45. The Balaban J connectivity index is 2.20. The molecular formula is C24H24Cl2N4O. The molecule has 0 bridgehead atoms. The second kappa shape index (κ2) is 9.15. The highest BCUT2D eigenvalue weighted by atomic mass is 35.5. The minimum atomic E-state index is -0.394. The third-order valence-corrected chi connectivity index (χ3v) is 5.01. The Labute approximate surface area is 192 Å². The Hall–Kier alpha value is -2.78. The first-order valence-electron chi connectivity index (χ1n) is 9.77. The van der Waals surface area contributed by atoms with Crippen LogP contribution in [0.25, 0.3) is 16.9 Å². The van der Waals surface area contributed by atoms with E-state index in [0.29, 0.717) is 21.4 Å². The molecule has 0 aliphatic heterocycles. The van der Waals surface area contributed by atoms with Gasteiger partial charge < -0.3 is 11.1 Å². The van der Waals surface area contributed by atoms with Gasteiger partial charge in [0.15, 0.2) is 5.69 Å². The number of hydrogen-bond donors (Lipinski definition) is 2. The van der Waals surface area contributed by atoms with Gasteiger partial charge in [-0.3, -0.25) is 4.79 Å². The van der Waals surface area contributed by atoms with Crippen LogP contribution in [0.3, 0.4) is 0 Å². The van der Waals surface area contributed by atoms with Crippen molar-refractivity contribution in [1.82, 2.24) is 15.1 Å². The van der Waals surface area contributed by atoms with Gasteiger partial charge >= 0.3 is 0 Å². The number of aromatic nitrogens is 2. The SMILES string of the molecule is Cc1c(C(=O)NC(C)(C)C)nn(-c2ccc(C#CCN)cc2Cl)c1-c1ccc(Cl)cc1. The number of nitrogens with zero attached hydrogens (tertiary/aromatic N) is 2. The van der Waals surface area contributed by atoms with Crippen LogP contribution < -0.4 is 11.1 Å². The second-order valence-corrected chi connectivity index (χ2v) is 8.96. The Morgan fingerprint density at radius 1 is 1.16 bits per heavy atom. The van der Waals surface area contributed by atoms with Crippen LogP contribution in [0, 0.1) is 18.8 Å². The van der Waals surface area contributed by atoms with E-state index in [2.05, 4.69) is 22.3 Å². The van der Waals surface area contributed by atoms with Gasteiger partial charge in [0, 0.05) is 27.3 Å². The van der Waals surface area contributed by atoms with Crippen LogP contribution in [0.2, 0.25) is 10.0 Å². The van der Waals surface area contributed by atoms with Crippen molar-refractivity contribution in [2.24, 2.45) is 5.73 Å². The van der Waals surface area contributed by atoms with Crippen LogP contribution >= 0.6 is 23.2 Å². The number of benzene rings is 2. The van der Waals surface area contributed by atoms with E-state index >= 15 is 0 Å². The lowest BCUT2D eigenvalue weighted by Crippen LogP contribution is -2.41. The summed E-state index contributed by atoms with van der Waals surface area (Å²) < 4.78 is 1.69. The number of hydrogen-bond acceptors (Lipinski definition) is 3. The van der Waals surface area contributed by atoms with Crippen molar-refractivity contribution in [3.8, 4) is 28.8 Å². The van der Waals surface area contributed by atoms with Gasteiger partial charge in [-0.25, -0.2) is 4.68 Å². The largest absolute Gasteiger partial charge is 0.346 e. The van der Waals surface area contributed by atoms with E-state index < -0.39 is 5.54 Å². The summed E-state index contributed by atoms with van der Waals surface area (Å²) in [5, 5.41) is 8.71. The van der Waals surface area contributed by atoms with Gasteiger partial charge in [0.1, 0.15) is 0 Å². The van der Waals surface area contributed by atoms with Crippen molar-refractivity contribution in [2.45, 2.75) is 33.2 Å². The van der Waals surface area contributed by atoms with Crippen LogP contribution in [-0.2, 0) is 0 Å². The first-order chi connectivity index (χ1) is 14.6. The number of halogens is 2. The van der Waals surface area contributed by atoms with E-state index in [1.54, 1.807) is 22.9 Å². The summed E-state index contributed by atoms with van der Waals surface area (Å²) in [5.74, 6) is 5.53. The van der Waals surface area contributed by atoms with Crippen LogP contribution in [-0.4, -0.2) is 27.8 Å². The van der Waals surface area contributed by atoms with E-state index in [-0.39, 0.29) is 12.5 Å². The maximum atomic E-state index is 12.9. The predicted octanol–water partition coefficient (Wildman–Crippen LogP) is 4.99. The summed E-state index contributed by atoms with van der Waals surface area (Å²) in [6.07, 6.45) is 0. The lowest BCUT2D eigenvalue weighted by Gasteiger charge is -2.19. The highest BCUT2D eigenvalue weighted by molar-refractivity contribution is 6.32. The molecule has 3 rings (SSSR count). The number of carbonyl (C=O) groups is 1. The fourth-order valence-electron chi connectivity index (χ4n) is 3.14. The standard InChI is InChI=1S/C24H24Cl2N4O/c1-15-21(23(31)28-24(2,3)4)29-30(22(15)17-8-10-18(25)11-9-17)20-12-7-16(6-5-13-27)14-19(20)26/h7-12,14H,13,27H2,1-4H3,(H,28,31). The summed E-state index contributed by atoms with van der Waals surface area (Å²) in [6.45, 7) is 7.92. The lowest BCUT2D eigenvalue weighted by atomic mass is 10.0. The zero-order chi connectivity index (χ0) is 22.8. The Morgan fingerprint density at radius 3 is 2.42 bits per heavy atom. The smallest absolute Gasteiger partial charge is 0.272 e.